The molecule has 160 valence electrons. The van der Waals surface area contributed by atoms with E-state index < -0.39 is 0 Å². The van der Waals surface area contributed by atoms with Crippen molar-refractivity contribution in [1.29, 1.82) is 0 Å². The highest BCUT2D eigenvalue weighted by molar-refractivity contribution is 5.13. The third-order valence-electron chi connectivity index (χ3n) is 10.8. The van der Waals surface area contributed by atoms with Crippen LogP contribution in [0, 0.1) is 52.3 Å². The molecular weight excluding hydrogens is 336 g/mol. The summed E-state index contributed by atoms with van der Waals surface area (Å²) in [5.74, 6) is 6.86. The minimum atomic E-state index is 0.631. The van der Waals surface area contributed by atoms with E-state index in [9.17, 15) is 0 Å². The Bertz CT molecular complexity index is 573. The minimum Gasteiger partial charge on any atom is -0.0999 e. The van der Waals surface area contributed by atoms with Gasteiger partial charge in [-0.1, -0.05) is 66.0 Å². The van der Waals surface area contributed by atoms with Gasteiger partial charge in [0.25, 0.3) is 0 Å². The third kappa shape index (κ3) is 3.43. The summed E-state index contributed by atoms with van der Waals surface area (Å²) >= 11 is 0. The molecule has 8 unspecified atom stereocenters. The van der Waals surface area contributed by atoms with Gasteiger partial charge in [0.05, 0.1) is 0 Å². The number of hydrogen-bond acceptors (Lipinski definition) is 0. The summed E-state index contributed by atoms with van der Waals surface area (Å²) in [6.45, 7) is 17.2. The van der Waals surface area contributed by atoms with E-state index in [1.54, 1.807) is 12.0 Å². The highest BCUT2D eigenvalue weighted by Crippen LogP contribution is 2.68. The number of rotatable bonds is 5. The molecule has 28 heavy (non-hydrogen) atoms. The van der Waals surface area contributed by atoms with Gasteiger partial charge in [0.1, 0.15) is 0 Å². The normalized spacial score (nSPS) is 46.8. The summed E-state index contributed by atoms with van der Waals surface area (Å²) in [6, 6.07) is 0. The Morgan fingerprint density at radius 2 is 1.64 bits per heavy atom. The lowest BCUT2D eigenvalue weighted by atomic mass is 9.44. The lowest BCUT2D eigenvalue weighted by Crippen LogP contribution is -2.53. The molecule has 4 aliphatic rings. The van der Waals surface area contributed by atoms with Gasteiger partial charge in [0, 0.05) is 0 Å². The van der Waals surface area contributed by atoms with E-state index in [4.69, 9.17) is 0 Å². The first-order chi connectivity index (χ1) is 13.3. The standard InChI is InChI=1S/C28H48/c1-19(2)8-7-9-21(4)24-12-13-25-23-11-10-22-18-20(3)14-16-27(22,5)26(23)15-17-28(24,25)6/h19,21-26H,3,7-18H2,1-2,4-6H3. The molecule has 0 heterocycles. The van der Waals surface area contributed by atoms with Crippen LogP contribution in [0.4, 0.5) is 0 Å². The van der Waals surface area contributed by atoms with Crippen LogP contribution in [0.1, 0.15) is 112 Å². The molecule has 0 heteroatoms. The summed E-state index contributed by atoms with van der Waals surface area (Å²) < 4.78 is 0. The fourth-order valence-electron chi connectivity index (χ4n) is 9.18. The molecule has 4 fully saturated rings. The Morgan fingerprint density at radius 3 is 2.39 bits per heavy atom. The fourth-order valence-corrected chi connectivity index (χ4v) is 9.18. The average Bonchev–Trinajstić information content (AvgIpc) is 2.99. The molecule has 8 atom stereocenters. The van der Waals surface area contributed by atoms with Gasteiger partial charge in [-0.15, -0.1) is 0 Å². The second-order valence-electron chi connectivity index (χ2n) is 12.6. The molecule has 0 radical (unpaired) electrons. The maximum Gasteiger partial charge on any atom is -0.0260 e. The van der Waals surface area contributed by atoms with Gasteiger partial charge in [0.15, 0.2) is 0 Å². The van der Waals surface area contributed by atoms with Crippen molar-refractivity contribution in [2.75, 3.05) is 0 Å². The number of fused-ring (bicyclic) bond motifs is 5. The van der Waals surface area contributed by atoms with E-state index >= 15 is 0 Å². The van der Waals surface area contributed by atoms with E-state index in [0.29, 0.717) is 10.8 Å². The van der Waals surface area contributed by atoms with Crippen LogP contribution in [0.5, 0.6) is 0 Å². The van der Waals surface area contributed by atoms with Crippen molar-refractivity contribution in [1.82, 2.24) is 0 Å². The first-order valence-electron chi connectivity index (χ1n) is 12.9. The van der Waals surface area contributed by atoms with Gasteiger partial charge >= 0.3 is 0 Å². The fraction of sp³-hybridized carbons (Fsp3) is 0.929. The van der Waals surface area contributed by atoms with Gasteiger partial charge in [-0.25, -0.2) is 0 Å². The van der Waals surface area contributed by atoms with Crippen molar-refractivity contribution in [2.24, 2.45) is 52.3 Å². The Kier molecular flexibility index (Phi) is 5.83. The number of hydrogen-bond donors (Lipinski definition) is 0. The molecule has 4 aliphatic carbocycles. The molecule has 0 nitrogen and oxygen atoms in total. The largest absolute Gasteiger partial charge is 0.0999 e. The van der Waals surface area contributed by atoms with Crippen LogP contribution < -0.4 is 0 Å². The second-order valence-corrected chi connectivity index (χ2v) is 12.6. The zero-order valence-corrected chi connectivity index (χ0v) is 19.7. The summed E-state index contributed by atoms with van der Waals surface area (Å²) in [6.07, 6.45) is 17.6. The Balaban J connectivity index is 1.47. The van der Waals surface area contributed by atoms with Gasteiger partial charge in [0.2, 0.25) is 0 Å². The monoisotopic (exact) mass is 384 g/mol. The van der Waals surface area contributed by atoms with Crippen LogP contribution in [0.3, 0.4) is 0 Å². The summed E-state index contributed by atoms with van der Waals surface area (Å²) in [5, 5.41) is 0. The first-order valence-corrected chi connectivity index (χ1v) is 12.9. The molecule has 0 saturated heterocycles. The van der Waals surface area contributed by atoms with E-state index in [1.165, 1.54) is 70.6 Å². The average molecular weight is 385 g/mol. The molecule has 0 N–H and O–H groups in total. The maximum absolute atomic E-state index is 4.37. The quantitative estimate of drug-likeness (QED) is 0.416. The van der Waals surface area contributed by atoms with Gasteiger partial charge in [-0.05, 0) is 110 Å². The van der Waals surface area contributed by atoms with Crippen molar-refractivity contribution < 1.29 is 0 Å². The third-order valence-corrected chi connectivity index (χ3v) is 10.8. The van der Waals surface area contributed by atoms with Crippen molar-refractivity contribution in [3.8, 4) is 0 Å². The summed E-state index contributed by atoms with van der Waals surface area (Å²) in [7, 11) is 0. The highest BCUT2D eigenvalue weighted by Gasteiger charge is 2.60. The molecule has 4 saturated carbocycles. The van der Waals surface area contributed by atoms with Crippen LogP contribution in [0.2, 0.25) is 0 Å². The zero-order valence-electron chi connectivity index (χ0n) is 19.7. The van der Waals surface area contributed by atoms with Crippen molar-refractivity contribution in [3.63, 3.8) is 0 Å². The Hall–Kier alpha value is -0.260. The zero-order chi connectivity index (χ0) is 20.1. The van der Waals surface area contributed by atoms with E-state index in [-0.39, 0.29) is 0 Å². The Morgan fingerprint density at radius 1 is 0.893 bits per heavy atom. The lowest BCUT2D eigenvalue weighted by Gasteiger charge is -2.61. The topological polar surface area (TPSA) is 0 Å². The molecule has 0 bridgehead atoms. The molecule has 0 aromatic rings. The molecule has 0 aliphatic heterocycles. The highest BCUT2D eigenvalue weighted by atomic mass is 14.6. The van der Waals surface area contributed by atoms with Crippen LogP contribution in [0.25, 0.3) is 0 Å². The predicted molar refractivity (Wildman–Crippen MR) is 122 cm³/mol. The van der Waals surface area contributed by atoms with Crippen LogP contribution in [-0.4, -0.2) is 0 Å². The van der Waals surface area contributed by atoms with Crippen molar-refractivity contribution >= 4 is 0 Å². The van der Waals surface area contributed by atoms with Crippen LogP contribution in [0.15, 0.2) is 12.2 Å². The van der Waals surface area contributed by atoms with Gasteiger partial charge in [-0.2, -0.15) is 0 Å². The first kappa shape index (κ1) is 21.0. The Labute approximate surface area is 176 Å². The van der Waals surface area contributed by atoms with Crippen molar-refractivity contribution in [2.45, 2.75) is 112 Å². The molecule has 0 spiro atoms. The second kappa shape index (κ2) is 7.77. The minimum absolute atomic E-state index is 0.631. The molecule has 0 amide bonds. The van der Waals surface area contributed by atoms with E-state index in [1.807, 2.05) is 0 Å². The number of allylic oxidation sites excluding steroid dienone is 1. The lowest BCUT2D eigenvalue weighted by molar-refractivity contribution is -0.109. The predicted octanol–water partition coefficient (Wildman–Crippen LogP) is 8.66. The smallest absolute Gasteiger partial charge is 0.0260 e. The molecule has 0 aromatic carbocycles. The maximum atomic E-state index is 4.37. The summed E-state index contributed by atoms with van der Waals surface area (Å²) in [4.78, 5) is 0. The molecule has 4 rings (SSSR count). The SMILES string of the molecule is C=C1CCC2(C)C(CCC3C2CCC2(C)C(C(C)CCCC(C)C)CCC32)C1. The van der Waals surface area contributed by atoms with Crippen LogP contribution in [-0.2, 0) is 0 Å². The van der Waals surface area contributed by atoms with E-state index in [0.717, 1.165) is 41.4 Å². The molecule has 0 aromatic heterocycles. The van der Waals surface area contributed by atoms with Crippen LogP contribution >= 0.6 is 0 Å². The van der Waals surface area contributed by atoms with Gasteiger partial charge < -0.3 is 0 Å². The van der Waals surface area contributed by atoms with Crippen molar-refractivity contribution in [3.05, 3.63) is 12.2 Å². The molecular formula is C28H48. The van der Waals surface area contributed by atoms with Gasteiger partial charge in [-0.3, -0.25) is 0 Å². The summed E-state index contributed by atoms with van der Waals surface area (Å²) in [5.41, 5.74) is 2.84. The van der Waals surface area contributed by atoms with E-state index in [2.05, 4.69) is 41.2 Å².